The normalized spacial score (nSPS) is 12.4. The van der Waals surface area contributed by atoms with Crippen molar-refractivity contribution in [1.82, 2.24) is 5.32 Å². The number of hydrogen-bond donors (Lipinski definition) is 1. The molecule has 2 nitrogen and oxygen atoms in total. The summed E-state index contributed by atoms with van der Waals surface area (Å²) in [6.45, 7) is 2.96. The summed E-state index contributed by atoms with van der Waals surface area (Å²) in [5.74, 6) is 0.692. The Kier molecular flexibility index (Phi) is 5.93. The van der Waals surface area contributed by atoms with Crippen LogP contribution in [-0.2, 0) is 0 Å². The molecule has 0 amide bonds. The van der Waals surface area contributed by atoms with Crippen molar-refractivity contribution in [2.45, 2.75) is 13.0 Å². The Bertz CT molecular complexity index is 603. The highest BCUT2D eigenvalue weighted by Gasteiger charge is 2.19. The molecule has 1 heterocycles. The molecule has 0 radical (unpaired) electrons. The molecule has 1 N–H and O–H groups in total. The SMILES string of the molecule is CCNC(c1ccc(Cl)c(OC)c1)c1cc(Br)sc1Br. The van der Waals surface area contributed by atoms with E-state index in [1.54, 1.807) is 18.4 Å². The van der Waals surface area contributed by atoms with E-state index in [9.17, 15) is 0 Å². The van der Waals surface area contributed by atoms with E-state index in [1.165, 1.54) is 5.56 Å². The summed E-state index contributed by atoms with van der Waals surface area (Å²) < 4.78 is 7.52. The first-order chi connectivity index (χ1) is 9.56. The summed E-state index contributed by atoms with van der Waals surface area (Å²) in [6, 6.07) is 8.10. The van der Waals surface area contributed by atoms with Gasteiger partial charge in [0.2, 0.25) is 0 Å². The van der Waals surface area contributed by atoms with Crippen LogP contribution < -0.4 is 10.1 Å². The molecule has 0 fully saturated rings. The quantitative estimate of drug-likeness (QED) is 0.652. The van der Waals surface area contributed by atoms with E-state index in [0.717, 1.165) is 19.7 Å². The topological polar surface area (TPSA) is 21.3 Å². The Morgan fingerprint density at radius 2 is 2.10 bits per heavy atom. The standard InChI is InChI=1S/C14H14Br2ClNOS/c1-3-18-13(9-7-12(15)20-14(9)16)8-4-5-10(17)11(6-8)19-2/h4-7,13,18H,3H2,1-2H3. The van der Waals surface area contributed by atoms with Gasteiger partial charge in [-0.3, -0.25) is 0 Å². The highest BCUT2D eigenvalue weighted by atomic mass is 79.9. The molecule has 0 spiro atoms. The molecular weight excluding hydrogens is 425 g/mol. The molecule has 20 heavy (non-hydrogen) atoms. The zero-order chi connectivity index (χ0) is 14.7. The van der Waals surface area contributed by atoms with Crippen molar-refractivity contribution in [1.29, 1.82) is 0 Å². The third kappa shape index (κ3) is 3.57. The Balaban J connectivity index is 2.45. The predicted molar refractivity (Wildman–Crippen MR) is 93.2 cm³/mol. The minimum Gasteiger partial charge on any atom is -0.495 e. The molecule has 1 aromatic heterocycles. The molecular formula is C14H14Br2ClNOS. The van der Waals surface area contributed by atoms with Gasteiger partial charge in [0.25, 0.3) is 0 Å². The summed E-state index contributed by atoms with van der Waals surface area (Å²) in [5.41, 5.74) is 2.33. The molecule has 1 unspecified atom stereocenters. The van der Waals surface area contributed by atoms with E-state index in [4.69, 9.17) is 16.3 Å². The molecule has 6 heteroatoms. The molecule has 2 rings (SSSR count). The molecule has 2 aromatic rings. The minimum atomic E-state index is 0.100. The summed E-state index contributed by atoms with van der Waals surface area (Å²) in [5, 5.41) is 4.12. The molecule has 0 bridgehead atoms. The molecule has 1 atom stereocenters. The molecule has 0 saturated carbocycles. The van der Waals surface area contributed by atoms with Gasteiger partial charge in [-0.15, -0.1) is 11.3 Å². The number of benzene rings is 1. The Labute approximate surface area is 144 Å². The monoisotopic (exact) mass is 437 g/mol. The van der Waals surface area contributed by atoms with Crippen LogP contribution in [0.15, 0.2) is 31.8 Å². The van der Waals surface area contributed by atoms with Gasteiger partial charge in [-0.2, -0.15) is 0 Å². The molecule has 0 aliphatic heterocycles. The number of ether oxygens (including phenoxy) is 1. The lowest BCUT2D eigenvalue weighted by Crippen LogP contribution is -2.21. The largest absolute Gasteiger partial charge is 0.495 e. The predicted octanol–water partition coefficient (Wildman–Crippen LogP) is 5.63. The van der Waals surface area contributed by atoms with Gasteiger partial charge in [0.15, 0.2) is 0 Å². The first-order valence-electron chi connectivity index (χ1n) is 6.08. The van der Waals surface area contributed by atoms with Crippen molar-refractivity contribution in [3.63, 3.8) is 0 Å². The lowest BCUT2D eigenvalue weighted by molar-refractivity contribution is 0.414. The molecule has 0 aliphatic carbocycles. The second-order valence-electron chi connectivity index (χ2n) is 4.16. The fraction of sp³-hybridized carbons (Fsp3) is 0.286. The van der Waals surface area contributed by atoms with Crippen LogP contribution in [0.1, 0.15) is 24.1 Å². The van der Waals surface area contributed by atoms with Crippen molar-refractivity contribution in [2.24, 2.45) is 0 Å². The Hall–Kier alpha value is -0.0700. The van der Waals surface area contributed by atoms with Crippen LogP contribution >= 0.6 is 54.8 Å². The molecule has 108 valence electrons. The van der Waals surface area contributed by atoms with Crippen LogP contribution in [0.5, 0.6) is 5.75 Å². The van der Waals surface area contributed by atoms with Crippen LogP contribution in [0.25, 0.3) is 0 Å². The fourth-order valence-electron chi connectivity index (χ4n) is 2.02. The van der Waals surface area contributed by atoms with Crippen molar-refractivity contribution >= 4 is 54.8 Å². The number of hydrogen-bond acceptors (Lipinski definition) is 3. The number of nitrogens with one attached hydrogen (secondary N) is 1. The van der Waals surface area contributed by atoms with Crippen molar-refractivity contribution < 1.29 is 4.74 Å². The highest BCUT2D eigenvalue weighted by molar-refractivity contribution is 9.12. The van der Waals surface area contributed by atoms with Crippen molar-refractivity contribution in [2.75, 3.05) is 13.7 Å². The molecule has 0 aliphatic rings. The first-order valence-corrected chi connectivity index (χ1v) is 8.86. The van der Waals surface area contributed by atoms with E-state index >= 15 is 0 Å². The number of thiophene rings is 1. The van der Waals surface area contributed by atoms with Gasteiger partial charge in [0.05, 0.1) is 25.7 Å². The Morgan fingerprint density at radius 1 is 1.35 bits per heavy atom. The minimum absolute atomic E-state index is 0.100. The zero-order valence-electron chi connectivity index (χ0n) is 11.0. The molecule has 1 aromatic carbocycles. The maximum absolute atomic E-state index is 6.10. The average Bonchev–Trinajstić information content (AvgIpc) is 2.75. The number of methoxy groups -OCH3 is 1. The molecule has 0 saturated heterocycles. The first kappa shape index (κ1) is 16.3. The van der Waals surface area contributed by atoms with Crippen molar-refractivity contribution in [3.8, 4) is 5.75 Å². The van der Waals surface area contributed by atoms with Crippen LogP contribution in [0.4, 0.5) is 0 Å². The van der Waals surface area contributed by atoms with E-state index < -0.39 is 0 Å². The van der Waals surface area contributed by atoms with Gasteiger partial charge in [-0.1, -0.05) is 24.6 Å². The number of rotatable bonds is 5. The maximum atomic E-state index is 6.10. The number of halogens is 3. The summed E-state index contributed by atoms with van der Waals surface area (Å²) >= 11 is 14.9. The van der Waals surface area contributed by atoms with E-state index in [0.29, 0.717) is 10.8 Å². The fourth-order valence-corrected chi connectivity index (χ4v) is 5.11. The summed E-state index contributed by atoms with van der Waals surface area (Å²) in [7, 11) is 1.63. The van der Waals surface area contributed by atoms with Crippen LogP contribution in [0.2, 0.25) is 5.02 Å². The highest BCUT2D eigenvalue weighted by Crippen LogP contribution is 2.39. The van der Waals surface area contributed by atoms with E-state index in [2.05, 4.69) is 50.2 Å². The van der Waals surface area contributed by atoms with Gasteiger partial charge < -0.3 is 10.1 Å². The van der Waals surface area contributed by atoms with E-state index in [-0.39, 0.29) is 6.04 Å². The van der Waals surface area contributed by atoms with Gasteiger partial charge in [-0.25, -0.2) is 0 Å². The van der Waals surface area contributed by atoms with Gasteiger partial charge in [-0.05, 0) is 67.7 Å². The van der Waals surface area contributed by atoms with Crippen molar-refractivity contribution in [3.05, 3.63) is 48.0 Å². The Morgan fingerprint density at radius 3 is 2.65 bits per heavy atom. The smallest absolute Gasteiger partial charge is 0.137 e. The van der Waals surface area contributed by atoms with Crippen LogP contribution in [-0.4, -0.2) is 13.7 Å². The lowest BCUT2D eigenvalue weighted by Gasteiger charge is -2.19. The lowest BCUT2D eigenvalue weighted by atomic mass is 10.0. The van der Waals surface area contributed by atoms with Crippen LogP contribution in [0, 0.1) is 0 Å². The van der Waals surface area contributed by atoms with Gasteiger partial charge in [0.1, 0.15) is 5.75 Å². The second-order valence-corrected chi connectivity index (χ2v) is 8.32. The van der Waals surface area contributed by atoms with Gasteiger partial charge >= 0.3 is 0 Å². The zero-order valence-corrected chi connectivity index (χ0v) is 15.8. The summed E-state index contributed by atoms with van der Waals surface area (Å²) in [4.78, 5) is 0. The summed E-state index contributed by atoms with van der Waals surface area (Å²) in [6.07, 6.45) is 0. The maximum Gasteiger partial charge on any atom is 0.137 e. The van der Waals surface area contributed by atoms with E-state index in [1.807, 2.05) is 18.2 Å². The average molecular weight is 440 g/mol. The third-order valence-corrected chi connectivity index (χ3v) is 5.61. The third-order valence-electron chi connectivity index (χ3n) is 2.91. The van der Waals surface area contributed by atoms with Gasteiger partial charge in [0, 0.05) is 0 Å². The van der Waals surface area contributed by atoms with Crippen LogP contribution in [0.3, 0.4) is 0 Å². The second kappa shape index (κ2) is 7.27.